The van der Waals surface area contributed by atoms with Crippen LogP contribution in [0.25, 0.3) is 5.52 Å². The fraction of sp³-hybridized carbons (Fsp3) is 0.391. The molecular weight excluding hydrogens is 488 g/mol. The average molecular weight is 515 g/mol. The molecule has 12 nitrogen and oxygen atoms in total. The van der Waals surface area contributed by atoms with Crippen molar-refractivity contribution in [2.75, 3.05) is 38.6 Å². The SMILES string of the molecule is COC(=O)Oc1cn2ncnc(C3C(=O)Nc4ccc(S(=O)(=O)NCCN5CCCC5)cc43)c2c1C. The van der Waals surface area contributed by atoms with Crippen molar-refractivity contribution in [3.8, 4) is 5.75 Å². The van der Waals surface area contributed by atoms with E-state index in [1.54, 1.807) is 13.0 Å². The Hall–Kier alpha value is -3.55. The van der Waals surface area contributed by atoms with Crippen LogP contribution in [0.3, 0.4) is 0 Å². The lowest BCUT2D eigenvalue weighted by Gasteiger charge is -2.15. The van der Waals surface area contributed by atoms with E-state index >= 15 is 0 Å². The molecule has 1 atom stereocenters. The zero-order valence-corrected chi connectivity index (χ0v) is 20.7. The van der Waals surface area contributed by atoms with Gasteiger partial charge in [-0.2, -0.15) is 5.10 Å². The highest BCUT2D eigenvalue weighted by Gasteiger charge is 2.36. The van der Waals surface area contributed by atoms with Crippen LogP contribution in [0.5, 0.6) is 5.75 Å². The molecule has 1 fully saturated rings. The number of hydrogen-bond acceptors (Lipinski definition) is 9. The van der Waals surface area contributed by atoms with Gasteiger partial charge in [0.05, 0.1) is 29.4 Å². The molecule has 0 bridgehead atoms. The number of benzene rings is 1. The van der Waals surface area contributed by atoms with E-state index in [1.165, 1.54) is 36.3 Å². The molecule has 36 heavy (non-hydrogen) atoms. The van der Waals surface area contributed by atoms with Crippen LogP contribution >= 0.6 is 0 Å². The van der Waals surface area contributed by atoms with E-state index in [-0.39, 0.29) is 16.6 Å². The highest BCUT2D eigenvalue weighted by atomic mass is 32.2. The van der Waals surface area contributed by atoms with Crippen molar-refractivity contribution in [3.05, 3.63) is 47.5 Å². The Morgan fingerprint density at radius 1 is 1.28 bits per heavy atom. The third-order valence-electron chi connectivity index (χ3n) is 6.53. The van der Waals surface area contributed by atoms with Crippen LogP contribution < -0.4 is 14.8 Å². The Kier molecular flexibility index (Phi) is 6.36. The Morgan fingerprint density at radius 2 is 2.06 bits per heavy atom. The molecule has 0 aliphatic carbocycles. The van der Waals surface area contributed by atoms with Gasteiger partial charge in [0.25, 0.3) is 0 Å². The number of nitrogens with one attached hydrogen (secondary N) is 2. The first-order valence-electron chi connectivity index (χ1n) is 11.5. The minimum atomic E-state index is -3.78. The average Bonchev–Trinajstić information content (AvgIpc) is 3.56. The Balaban J connectivity index is 1.47. The van der Waals surface area contributed by atoms with Crippen molar-refractivity contribution in [1.82, 2.24) is 24.2 Å². The van der Waals surface area contributed by atoms with E-state index in [9.17, 15) is 18.0 Å². The lowest BCUT2D eigenvalue weighted by Crippen LogP contribution is -2.33. The summed E-state index contributed by atoms with van der Waals surface area (Å²) in [5, 5.41) is 6.97. The van der Waals surface area contributed by atoms with E-state index in [1.807, 2.05) is 0 Å². The molecule has 4 heterocycles. The first-order chi connectivity index (χ1) is 17.3. The number of hydrogen-bond donors (Lipinski definition) is 2. The van der Waals surface area contributed by atoms with Gasteiger partial charge in [-0.1, -0.05) is 0 Å². The number of likely N-dealkylation sites (tertiary alicyclic amines) is 1. The number of rotatable bonds is 7. The van der Waals surface area contributed by atoms with Crippen molar-refractivity contribution < 1.29 is 27.5 Å². The van der Waals surface area contributed by atoms with Gasteiger partial charge in [0, 0.05) is 24.3 Å². The van der Waals surface area contributed by atoms with Gasteiger partial charge in [-0.3, -0.25) is 4.79 Å². The molecule has 0 radical (unpaired) electrons. The van der Waals surface area contributed by atoms with E-state index in [2.05, 4.69) is 29.8 Å². The summed E-state index contributed by atoms with van der Waals surface area (Å²) in [6.45, 7) is 4.62. The van der Waals surface area contributed by atoms with Gasteiger partial charge in [-0.15, -0.1) is 0 Å². The summed E-state index contributed by atoms with van der Waals surface area (Å²) < 4.78 is 39.9. The van der Waals surface area contributed by atoms with Gasteiger partial charge in [-0.25, -0.2) is 27.4 Å². The summed E-state index contributed by atoms with van der Waals surface area (Å²) in [5.41, 5.74) is 2.35. The van der Waals surface area contributed by atoms with E-state index in [0.29, 0.717) is 41.1 Å². The monoisotopic (exact) mass is 514 g/mol. The molecular formula is C23H26N6O6S. The predicted octanol–water partition coefficient (Wildman–Crippen LogP) is 1.64. The van der Waals surface area contributed by atoms with Crippen molar-refractivity contribution in [1.29, 1.82) is 0 Å². The molecule has 190 valence electrons. The molecule has 13 heteroatoms. The maximum atomic E-state index is 13.0. The van der Waals surface area contributed by atoms with Crippen LogP contribution in [0.15, 0.2) is 35.6 Å². The summed E-state index contributed by atoms with van der Waals surface area (Å²) in [4.78, 5) is 31.3. The minimum Gasteiger partial charge on any atom is -0.437 e. The second-order valence-corrected chi connectivity index (χ2v) is 10.5. The molecule has 5 rings (SSSR count). The van der Waals surface area contributed by atoms with Crippen LogP contribution in [-0.4, -0.2) is 73.3 Å². The molecule has 2 aliphatic heterocycles. The molecule has 3 aromatic rings. The topological polar surface area (TPSA) is 144 Å². The van der Waals surface area contributed by atoms with Gasteiger partial charge in [-0.05, 0) is 56.6 Å². The standard InChI is InChI=1S/C23H26N6O6S/c1-14-18(35-23(31)34-2)12-29-21(14)20(24-13-25-29)19-16-11-15(5-6-17(16)27-22(19)30)36(32,33)26-7-10-28-8-3-4-9-28/h5-6,11-13,19,26H,3-4,7-10H2,1-2H3,(H,27,30). The van der Waals surface area contributed by atoms with E-state index < -0.39 is 22.1 Å². The van der Waals surface area contributed by atoms with Crippen molar-refractivity contribution in [2.24, 2.45) is 0 Å². The van der Waals surface area contributed by atoms with Gasteiger partial charge in [0.1, 0.15) is 12.2 Å². The molecule has 2 N–H and O–H groups in total. The van der Waals surface area contributed by atoms with Crippen LogP contribution in [0, 0.1) is 6.92 Å². The molecule has 0 spiro atoms. The summed E-state index contributed by atoms with van der Waals surface area (Å²) >= 11 is 0. The molecule has 1 unspecified atom stereocenters. The van der Waals surface area contributed by atoms with Crippen LogP contribution in [-0.2, 0) is 19.6 Å². The molecule has 1 saturated heterocycles. The molecule has 0 saturated carbocycles. The highest BCUT2D eigenvalue weighted by Crippen LogP contribution is 2.40. The summed E-state index contributed by atoms with van der Waals surface area (Å²) in [6, 6.07) is 4.55. The van der Waals surface area contributed by atoms with E-state index in [4.69, 9.17) is 4.74 Å². The Bertz CT molecular complexity index is 1450. The number of carbonyl (C=O) groups excluding carboxylic acids is 2. The number of ether oxygens (including phenoxy) is 2. The first-order valence-corrected chi connectivity index (χ1v) is 13.0. The van der Waals surface area contributed by atoms with Gasteiger partial charge in [0.2, 0.25) is 15.9 Å². The van der Waals surface area contributed by atoms with Crippen molar-refractivity contribution in [2.45, 2.75) is 30.6 Å². The lowest BCUT2D eigenvalue weighted by atomic mass is 9.95. The van der Waals surface area contributed by atoms with Gasteiger partial charge >= 0.3 is 6.16 Å². The predicted molar refractivity (Wildman–Crippen MR) is 129 cm³/mol. The van der Waals surface area contributed by atoms with Gasteiger partial charge in [0.15, 0.2) is 5.75 Å². The fourth-order valence-electron chi connectivity index (χ4n) is 4.72. The number of fused-ring (bicyclic) bond motifs is 2. The largest absolute Gasteiger partial charge is 0.513 e. The number of aryl methyl sites for hydroxylation is 1. The van der Waals surface area contributed by atoms with Crippen molar-refractivity contribution >= 4 is 33.3 Å². The minimum absolute atomic E-state index is 0.0658. The third-order valence-corrected chi connectivity index (χ3v) is 7.98. The zero-order valence-electron chi connectivity index (χ0n) is 19.9. The van der Waals surface area contributed by atoms with Crippen LogP contribution in [0.1, 0.15) is 35.6 Å². The number of nitrogens with zero attached hydrogens (tertiary/aromatic N) is 4. The Morgan fingerprint density at radius 3 is 2.81 bits per heavy atom. The maximum Gasteiger partial charge on any atom is 0.513 e. The van der Waals surface area contributed by atoms with Crippen LogP contribution in [0.4, 0.5) is 10.5 Å². The number of aromatic nitrogens is 3. The smallest absolute Gasteiger partial charge is 0.437 e. The summed E-state index contributed by atoms with van der Waals surface area (Å²) in [5.74, 6) is -1.02. The quantitative estimate of drug-likeness (QED) is 0.450. The second kappa shape index (κ2) is 9.48. The summed E-state index contributed by atoms with van der Waals surface area (Å²) in [6.07, 6.45) is 4.16. The molecule has 1 aromatic carbocycles. The normalized spacial score (nSPS) is 17.8. The lowest BCUT2D eigenvalue weighted by molar-refractivity contribution is -0.116. The number of carbonyl (C=O) groups is 2. The summed E-state index contributed by atoms with van der Waals surface area (Å²) in [7, 11) is -2.58. The Labute approximate surface area is 207 Å². The number of sulfonamides is 1. The van der Waals surface area contributed by atoms with Crippen molar-refractivity contribution in [3.63, 3.8) is 0 Å². The number of anilines is 1. The molecule has 2 aliphatic rings. The van der Waals surface area contributed by atoms with Gasteiger partial charge < -0.3 is 19.7 Å². The van der Waals surface area contributed by atoms with E-state index in [0.717, 1.165) is 25.9 Å². The zero-order chi connectivity index (χ0) is 25.4. The first kappa shape index (κ1) is 24.2. The molecule has 1 amide bonds. The van der Waals surface area contributed by atoms with Crippen LogP contribution in [0.2, 0.25) is 0 Å². The number of methoxy groups -OCH3 is 1. The highest BCUT2D eigenvalue weighted by molar-refractivity contribution is 7.89. The second-order valence-electron chi connectivity index (χ2n) is 8.73. The molecule has 2 aromatic heterocycles. The third kappa shape index (κ3) is 4.40. The maximum absolute atomic E-state index is 13.0. The fourth-order valence-corrected chi connectivity index (χ4v) is 5.77. The number of amides is 1.